The van der Waals surface area contributed by atoms with Crippen LogP contribution >= 0.6 is 7.26 Å². The minimum atomic E-state index is -1.79. The van der Waals surface area contributed by atoms with Crippen molar-refractivity contribution in [2.45, 2.75) is 64.7 Å². The zero-order valence-corrected chi connectivity index (χ0v) is 26.6. The number of benzene rings is 4. The highest BCUT2D eigenvalue weighted by molar-refractivity contribution is 7.95. The zero-order chi connectivity index (χ0) is 26.8. The molecule has 0 heterocycles. The van der Waals surface area contributed by atoms with Gasteiger partial charge in [0.2, 0.25) is 0 Å². The summed E-state index contributed by atoms with van der Waals surface area (Å²) in [6.07, 6.45) is 9.48. The van der Waals surface area contributed by atoms with Crippen LogP contribution in [0, 0.1) is 6.92 Å². The van der Waals surface area contributed by atoms with Gasteiger partial charge in [-0.2, -0.15) is 0 Å². The molecule has 0 fully saturated rings. The van der Waals surface area contributed by atoms with E-state index in [1.807, 2.05) is 0 Å². The topological polar surface area (TPSA) is 0 Å². The molecule has 202 valence electrons. The molecule has 0 spiro atoms. The molecule has 1 aliphatic rings. The van der Waals surface area contributed by atoms with Crippen molar-refractivity contribution in [1.29, 1.82) is 0 Å². The summed E-state index contributed by atoms with van der Waals surface area (Å²) in [7, 11) is -1.79. The minimum Gasteiger partial charge on any atom is -1.00 e. The standard InChI is InChI=1S/C37H42P.BrH/c1-29-27-34-35(37(4,5)25-24-36(34,2)3)28-30(29)17-15-16-26-38(31-18-9-6-10-19-31,32-20-11-7-12-21-32)33-22-13-8-14-23-33;/h6-15,17-23,27-28H,16,24-26H2,1-5H3;1H/q+1;/p-1. The second-order valence-electron chi connectivity index (χ2n) is 12.3. The van der Waals surface area contributed by atoms with Crippen LogP contribution in [0.15, 0.2) is 109 Å². The molecule has 0 saturated heterocycles. The molecule has 4 aromatic rings. The Labute approximate surface area is 247 Å². The molecule has 39 heavy (non-hydrogen) atoms. The van der Waals surface area contributed by atoms with Gasteiger partial charge in [0.15, 0.2) is 0 Å². The van der Waals surface area contributed by atoms with E-state index in [0.29, 0.717) is 0 Å². The predicted octanol–water partition coefficient (Wildman–Crippen LogP) is 5.75. The number of hydrogen-bond donors (Lipinski definition) is 0. The second kappa shape index (κ2) is 12.0. The molecular formula is C37H42BrP. The van der Waals surface area contributed by atoms with Crippen LogP contribution in [0.2, 0.25) is 0 Å². The maximum atomic E-state index is 2.50. The maximum Gasteiger partial charge on any atom is 0.112 e. The van der Waals surface area contributed by atoms with Gasteiger partial charge in [-0.3, -0.25) is 0 Å². The van der Waals surface area contributed by atoms with E-state index in [1.54, 1.807) is 11.1 Å². The van der Waals surface area contributed by atoms with Crippen LogP contribution in [0.1, 0.15) is 69.2 Å². The molecular weight excluding hydrogens is 555 g/mol. The summed E-state index contributed by atoms with van der Waals surface area (Å²) in [5, 5.41) is 4.37. The van der Waals surface area contributed by atoms with E-state index in [2.05, 4.69) is 150 Å². The average molecular weight is 598 g/mol. The number of allylic oxidation sites excluding steroid dienone is 1. The minimum absolute atomic E-state index is 0. The third-order valence-corrected chi connectivity index (χ3v) is 13.2. The molecule has 0 aliphatic heterocycles. The number of aryl methyl sites for hydroxylation is 1. The molecule has 0 aromatic heterocycles. The summed E-state index contributed by atoms with van der Waals surface area (Å²) in [5.74, 6) is 0. The van der Waals surface area contributed by atoms with E-state index < -0.39 is 7.26 Å². The van der Waals surface area contributed by atoms with Crippen molar-refractivity contribution in [3.63, 3.8) is 0 Å². The molecule has 0 radical (unpaired) electrons. The maximum absolute atomic E-state index is 2.50. The summed E-state index contributed by atoms with van der Waals surface area (Å²) < 4.78 is 0. The first-order valence-electron chi connectivity index (χ1n) is 14.1. The highest BCUT2D eigenvalue weighted by Gasteiger charge is 2.44. The molecule has 0 amide bonds. The summed E-state index contributed by atoms with van der Waals surface area (Å²) in [6, 6.07) is 38.6. The largest absolute Gasteiger partial charge is 1.00 e. The fourth-order valence-corrected chi connectivity index (χ4v) is 10.5. The van der Waals surface area contributed by atoms with Crippen LogP contribution in [0.5, 0.6) is 0 Å². The van der Waals surface area contributed by atoms with Gasteiger partial charge in [0, 0.05) is 6.42 Å². The lowest BCUT2D eigenvalue weighted by atomic mass is 9.62. The highest BCUT2D eigenvalue weighted by atomic mass is 79.9. The van der Waals surface area contributed by atoms with Crippen molar-refractivity contribution < 1.29 is 17.0 Å². The van der Waals surface area contributed by atoms with Gasteiger partial charge in [-0.25, -0.2) is 0 Å². The van der Waals surface area contributed by atoms with Gasteiger partial charge in [0.25, 0.3) is 0 Å². The molecule has 0 saturated carbocycles. The van der Waals surface area contributed by atoms with E-state index in [1.165, 1.54) is 39.9 Å². The fourth-order valence-electron chi connectivity index (χ4n) is 6.28. The highest BCUT2D eigenvalue weighted by Crippen LogP contribution is 2.56. The number of rotatable bonds is 7. The smallest absolute Gasteiger partial charge is 0.112 e. The Kier molecular flexibility index (Phi) is 9.05. The molecule has 0 bridgehead atoms. The van der Waals surface area contributed by atoms with Crippen LogP contribution in [0.3, 0.4) is 0 Å². The zero-order valence-electron chi connectivity index (χ0n) is 24.1. The summed E-state index contributed by atoms with van der Waals surface area (Å²) in [6.45, 7) is 11.9. The first kappa shape index (κ1) is 29.5. The number of hydrogen-bond acceptors (Lipinski definition) is 0. The van der Waals surface area contributed by atoms with Gasteiger partial charge >= 0.3 is 0 Å². The van der Waals surface area contributed by atoms with Crippen LogP contribution in [-0.2, 0) is 10.8 Å². The molecule has 4 aromatic carbocycles. The lowest BCUT2D eigenvalue weighted by Gasteiger charge is -2.42. The predicted molar refractivity (Wildman–Crippen MR) is 170 cm³/mol. The van der Waals surface area contributed by atoms with E-state index in [9.17, 15) is 0 Å². The van der Waals surface area contributed by atoms with Crippen LogP contribution in [-0.4, -0.2) is 6.16 Å². The Balaban J connectivity index is 0.00000353. The summed E-state index contributed by atoms with van der Waals surface area (Å²) in [5.41, 5.74) is 6.33. The Morgan fingerprint density at radius 3 is 1.49 bits per heavy atom. The monoisotopic (exact) mass is 596 g/mol. The van der Waals surface area contributed by atoms with Crippen molar-refractivity contribution in [2.24, 2.45) is 0 Å². The lowest BCUT2D eigenvalue weighted by Crippen LogP contribution is -3.00. The first-order chi connectivity index (χ1) is 18.2. The molecule has 2 heteroatoms. The fraction of sp³-hybridized carbons (Fsp3) is 0.297. The normalized spacial score (nSPS) is 15.9. The average Bonchev–Trinajstić information content (AvgIpc) is 2.93. The van der Waals surface area contributed by atoms with Crippen LogP contribution in [0.4, 0.5) is 0 Å². The van der Waals surface area contributed by atoms with Crippen LogP contribution in [0.25, 0.3) is 6.08 Å². The van der Waals surface area contributed by atoms with Crippen molar-refractivity contribution >= 4 is 29.3 Å². The third kappa shape index (κ3) is 5.86. The summed E-state index contributed by atoms with van der Waals surface area (Å²) >= 11 is 0. The van der Waals surface area contributed by atoms with Gasteiger partial charge in [-0.05, 0) is 89.2 Å². The second-order valence-corrected chi connectivity index (χ2v) is 15.9. The molecule has 0 atom stereocenters. The van der Waals surface area contributed by atoms with Gasteiger partial charge in [-0.15, -0.1) is 0 Å². The molecule has 5 rings (SSSR count). The lowest BCUT2D eigenvalue weighted by molar-refractivity contribution is -0.00000808. The molecule has 0 nitrogen and oxygen atoms in total. The van der Waals surface area contributed by atoms with E-state index in [-0.39, 0.29) is 27.8 Å². The SMILES string of the molecule is Cc1cc2c(cc1C=CCC[P+](c1ccccc1)(c1ccccc1)c1ccccc1)C(C)(C)CCC2(C)C.[Br-]. The Hall–Kier alpha value is -2.47. The van der Waals surface area contributed by atoms with Gasteiger partial charge in [-0.1, -0.05) is 107 Å². The van der Waals surface area contributed by atoms with Crippen molar-refractivity contribution in [2.75, 3.05) is 6.16 Å². The van der Waals surface area contributed by atoms with E-state index >= 15 is 0 Å². The van der Waals surface area contributed by atoms with Gasteiger partial charge < -0.3 is 17.0 Å². The quantitative estimate of drug-likeness (QED) is 0.238. The van der Waals surface area contributed by atoms with Crippen LogP contribution < -0.4 is 32.9 Å². The van der Waals surface area contributed by atoms with Gasteiger partial charge in [0.05, 0.1) is 6.16 Å². The van der Waals surface area contributed by atoms with Crippen molar-refractivity contribution in [3.8, 4) is 0 Å². The molecule has 0 unspecified atom stereocenters. The number of halogens is 1. The van der Waals surface area contributed by atoms with E-state index in [0.717, 1.165) is 12.6 Å². The molecule has 0 N–H and O–H groups in total. The Morgan fingerprint density at radius 1 is 0.641 bits per heavy atom. The Bertz CT molecular complexity index is 1310. The number of fused-ring (bicyclic) bond motifs is 1. The van der Waals surface area contributed by atoms with Crippen molar-refractivity contribution in [1.82, 2.24) is 0 Å². The Morgan fingerprint density at radius 2 is 1.05 bits per heavy atom. The third-order valence-electron chi connectivity index (χ3n) is 8.76. The van der Waals surface area contributed by atoms with Gasteiger partial charge in [0.1, 0.15) is 23.2 Å². The first-order valence-corrected chi connectivity index (χ1v) is 16.1. The molecule has 1 aliphatic carbocycles. The summed E-state index contributed by atoms with van der Waals surface area (Å²) in [4.78, 5) is 0. The van der Waals surface area contributed by atoms with Crippen molar-refractivity contribution in [3.05, 3.63) is 131 Å². The van der Waals surface area contributed by atoms with E-state index in [4.69, 9.17) is 0 Å².